The summed E-state index contributed by atoms with van der Waals surface area (Å²) in [4.78, 5) is 11.0. The number of benzene rings is 8. The van der Waals surface area contributed by atoms with E-state index in [0.717, 1.165) is 56.0 Å². The number of para-hydroxylation sites is 3. The van der Waals surface area contributed by atoms with Crippen LogP contribution in [0, 0.1) is 6.07 Å². The van der Waals surface area contributed by atoms with Gasteiger partial charge in [-0.25, -0.2) is 0 Å². The largest absolute Gasteiger partial charge is 0.507 e. The van der Waals surface area contributed by atoms with Crippen LogP contribution >= 0.6 is 0 Å². The van der Waals surface area contributed by atoms with Crippen molar-refractivity contribution in [2.24, 2.45) is 0 Å². The second kappa shape index (κ2) is 18.2. The SMILES string of the molecule is CC(C)c1cccc(C(C)C)c1-n1c(-c2[c-]c(-c3cc(-n4c5ccc(C(C)(C)C)cc5c5cc(C(C)(C)C)ccc54)cc(-c4cc5c(cc4O)C4c6ccccc6C5c5ccccc54)n3)ccc2)nc2ccccc21.[Pt]. The van der Waals surface area contributed by atoms with Crippen LogP contribution in [-0.2, 0) is 31.9 Å². The van der Waals surface area contributed by atoms with Crippen LogP contribution in [0.1, 0.15) is 149 Å². The van der Waals surface area contributed by atoms with Crippen molar-refractivity contribution < 1.29 is 26.2 Å². The normalized spacial score (nSPS) is 14.9. The van der Waals surface area contributed by atoms with Gasteiger partial charge in [0, 0.05) is 66.3 Å². The van der Waals surface area contributed by atoms with E-state index in [1.807, 2.05) is 6.07 Å². The molecule has 11 aromatic rings. The van der Waals surface area contributed by atoms with E-state index in [4.69, 9.17) is 9.97 Å². The number of fused-ring (bicyclic) bond motifs is 4. The molecule has 3 heterocycles. The van der Waals surface area contributed by atoms with Gasteiger partial charge in [0.25, 0.3) is 0 Å². The number of hydrogen-bond donors (Lipinski definition) is 1. The van der Waals surface area contributed by atoms with Gasteiger partial charge in [0.2, 0.25) is 0 Å². The van der Waals surface area contributed by atoms with Gasteiger partial charge in [-0.1, -0.05) is 171 Å². The van der Waals surface area contributed by atoms with Crippen LogP contribution in [0.3, 0.4) is 0 Å². The van der Waals surface area contributed by atoms with E-state index in [-0.39, 0.29) is 61.3 Å². The summed E-state index contributed by atoms with van der Waals surface area (Å²) in [6.45, 7) is 22.8. The van der Waals surface area contributed by atoms with Crippen LogP contribution in [-0.4, -0.2) is 24.2 Å². The number of aromatic nitrogens is 4. The second-order valence-corrected chi connectivity index (χ2v) is 23.8. The molecule has 380 valence electrons. The Balaban J connectivity index is 0.00000582. The summed E-state index contributed by atoms with van der Waals surface area (Å²) in [7, 11) is 0. The Morgan fingerprint density at radius 1 is 0.474 bits per heavy atom. The minimum atomic E-state index is -0.0413. The van der Waals surface area contributed by atoms with Crippen molar-refractivity contribution in [1.29, 1.82) is 0 Å². The van der Waals surface area contributed by atoms with Gasteiger partial charge in [-0.05, 0) is 139 Å². The van der Waals surface area contributed by atoms with E-state index in [2.05, 4.69) is 248 Å². The third-order valence-corrected chi connectivity index (χ3v) is 16.3. The maximum Gasteiger partial charge on any atom is 0.125 e. The van der Waals surface area contributed by atoms with E-state index in [1.54, 1.807) is 0 Å². The van der Waals surface area contributed by atoms with Crippen LogP contribution in [0.5, 0.6) is 5.75 Å². The van der Waals surface area contributed by atoms with Crippen LogP contribution in [0.25, 0.3) is 78.1 Å². The van der Waals surface area contributed by atoms with E-state index >= 15 is 0 Å². The summed E-state index contributed by atoms with van der Waals surface area (Å²) in [5.74, 6) is 1.69. The molecule has 6 heteroatoms. The number of pyridine rings is 1. The predicted octanol–water partition coefficient (Wildman–Crippen LogP) is 17.9. The molecule has 0 amide bonds. The summed E-state index contributed by atoms with van der Waals surface area (Å²) < 4.78 is 4.78. The minimum Gasteiger partial charge on any atom is -0.507 e. The maximum absolute atomic E-state index is 12.5. The predicted molar refractivity (Wildman–Crippen MR) is 310 cm³/mol. The van der Waals surface area contributed by atoms with Gasteiger partial charge in [-0.15, -0.1) is 24.3 Å². The number of phenolic OH excluding ortho intramolecular Hbond substituents is 1. The molecule has 0 saturated heterocycles. The number of phenols is 1. The Labute approximate surface area is 461 Å². The molecule has 0 aliphatic heterocycles. The first kappa shape index (κ1) is 49.5. The monoisotopic (exact) mass is 1170 g/mol. The molecule has 8 aromatic carbocycles. The van der Waals surface area contributed by atoms with Crippen molar-refractivity contribution in [3.8, 4) is 51.0 Å². The zero-order chi connectivity index (χ0) is 51.8. The topological polar surface area (TPSA) is 55.9 Å². The molecule has 3 aliphatic rings. The van der Waals surface area contributed by atoms with Crippen LogP contribution < -0.4 is 0 Å². The number of hydrogen-bond acceptors (Lipinski definition) is 3. The van der Waals surface area contributed by atoms with Gasteiger partial charge in [0.05, 0.1) is 33.6 Å². The van der Waals surface area contributed by atoms with Gasteiger partial charge in [-0.2, -0.15) is 0 Å². The minimum absolute atomic E-state index is 0. The Bertz CT molecular complexity index is 3990. The molecular formula is C70H63N4OPt-. The molecule has 76 heavy (non-hydrogen) atoms. The van der Waals surface area contributed by atoms with Gasteiger partial charge in [0.15, 0.2) is 0 Å². The third-order valence-electron chi connectivity index (χ3n) is 16.3. The van der Waals surface area contributed by atoms with Crippen LogP contribution in [0.2, 0.25) is 0 Å². The zero-order valence-corrected chi connectivity index (χ0v) is 47.3. The molecule has 1 N–H and O–H groups in total. The molecule has 5 nitrogen and oxygen atoms in total. The average molecular weight is 1170 g/mol. The molecular weight excluding hydrogens is 1110 g/mol. The van der Waals surface area contributed by atoms with Crippen molar-refractivity contribution in [2.45, 2.75) is 104 Å². The smallest absolute Gasteiger partial charge is 0.125 e. The van der Waals surface area contributed by atoms with E-state index in [9.17, 15) is 5.11 Å². The first-order chi connectivity index (χ1) is 36.0. The van der Waals surface area contributed by atoms with E-state index < -0.39 is 0 Å². The molecule has 2 bridgehead atoms. The summed E-state index contributed by atoms with van der Waals surface area (Å²) >= 11 is 0. The standard InChI is InChI=1S/C70H63N4O.Pt/c1-40(2)47-25-18-26-48(41(3)4)67(47)74-63-28-16-15-27-58(63)72-68(74)43-20-17-19-42(33-43)59-36-46(73-61-31-29-44(69(5,6)7)34-53(61)54-35-45(70(8,9)10)30-32-62(54)73)37-60(71-59)57-38-55-56(39-64(57)75)66-51-23-13-11-21-49(51)65(55)50-22-12-14-24-52(50)66;/h11-32,34-41,65-66,75H,1-10H3;/q-1;. The molecule has 3 aliphatic carbocycles. The molecule has 3 aromatic heterocycles. The van der Waals surface area contributed by atoms with Crippen molar-refractivity contribution in [2.75, 3.05) is 0 Å². The van der Waals surface area contributed by atoms with Gasteiger partial charge < -0.3 is 14.2 Å². The van der Waals surface area contributed by atoms with Crippen molar-refractivity contribution in [1.82, 2.24) is 19.1 Å². The van der Waals surface area contributed by atoms with Gasteiger partial charge in [-0.3, -0.25) is 9.97 Å². The van der Waals surface area contributed by atoms with Crippen molar-refractivity contribution >= 4 is 32.8 Å². The number of nitrogens with zero attached hydrogens (tertiary/aromatic N) is 4. The first-order valence-corrected chi connectivity index (χ1v) is 26.8. The Hall–Kier alpha value is -7.33. The van der Waals surface area contributed by atoms with Crippen LogP contribution in [0.4, 0.5) is 0 Å². The summed E-state index contributed by atoms with van der Waals surface area (Å²) in [5.41, 5.74) is 22.9. The van der Waals surface area contributed by atoms with Gasteiger partial charge in [0.1, 0.15) is 5.75 Å². The van der Waals surface area contributed by atoms with Crippen molar-refractivity contribution in [3.63, 3.8) is 0 Å². The molecule has 0 fully saturated rings. The maximum atomic E-state index is 12.5. The average Bonchev–Trinajstić information content (AvgIpc) is 4.03. The molecule has 0 unspecified atom stereocenters. The summed E-state index contributed by atoms with van der Waals surface area (Å²) in [6, 6.07) is 65.8. The second-order valence-electron chi connectivity index (χ2n) is 23.8. The quantitative estimate of drug-likeness (QED) is 0.162. The Kier molecular flexibility index (Phi) is 11.8. The fourth-order valence-electron chi connectivity index (χ4n) is 12.5. The molecule has 14 rings (SSSR count). The molecule has 0 saturated carbocycles. The fourth-order valence-corrected chi connectivity index (χ4v) is 12.5. The van der Waals surface area contributed by atoms with E-state index in [1.165, 1.54) is 66.5 Å². The van der Waals surface area contributed by atoms with Crippen LogP contribution in [0.15, 0.2) is 170 Å². The Morgan fingerprint density at radius 3 is 1.53 bits per heavy atom. The first-order valence-electron chi connectivity index (χ1n) is 26.8. The summed E-state index contributed by atoms with van der Waals surface area (Å²) in [5, 5.41) is 15.0. The summed E-state index contributed by atoms with van der Waals surface area (Å²) in [6.07, 6.45) is 0. The third kappa shape index (κ3) is 7.83. The number of imidazole rings is 1. The molecule has 0 radical (unpaired) electrons. The van der Waals surface area contributed by atoms with Crippen molar-refractivity contribution in [3.05, 3.63) is 232 Å². The van der Waals surface area contributed by atoms with E-state index in [0.29, 0.717) is 11.3 Å². The van der Waals surface area contributed by atoms with Gasteiger partial charge >= 0.3 is 0 Å². The fraction of sp³-hybridized carbons (Fsp3) is 0.229. The zero-order valence-electron chi connectivity index (χ0n) is 45.0. The number of aromatic hydroxyl groups is 1. The molecule has 0 atom stereocenters. The number of rotatable bonds is 7. The Morgan fingerprint density at radius 2 is 0.974 bits per heavy atom. The molecule has 0 spiro atoms.